The van der Waals surface area contributed by atoms with Crippen LogP contribution in [0.25, 0.3) is 10.8 Å². The fraction of sp³-hybridized carbons (Fsp3) is 0.400. The summed E-state index contributed by atoms with van der Waals surface area (Å²) in [6, 6.07) is 4.89. The number of rotatable bonds is 9. The molecule has 0 amide bonds. The van der Waals surface area contributed by atoms with E-state index in [1.165, 1.54) is 25.9 Å². The van der Waals surface area contributed by atoms with Gasteiger partial charge in [-0.15, -0.1) is 4.91 Å². The Morgan fingerprint density at radius 3 is 2.52 bits per heavy atom. The number of nitrogens with zero attached hydrogens (tertiary/aromatic N) is 1. The van der Waals surface area contributed by atoms with E-state index in [1.54, 1.807) is 6.07 Å². The quantitative estimate of drug-likeness (QED) is 0.343. The largest absolute Gasteiger partial charge is 0.496 e. The number of benzene rings is 2. The molecule has 0 fully saturated rings. The van der Waals surface area contributed by atoms with Crippen LogP contribution in [0.4, 0.5) is 11.4 Å². The first-order chi connectivity index (χ1) is 13.0. The van der Waals surface area contributed by atoms with Crippen molar-refractivity contribution in [1.82, 2.24) is 0 Å². The lowest BCUT2D eigenvalue weighted by molar-refractivity contribution is 0.0628. The SMILES string of the molecule is CCO[C@@H](CC=C(C)C)c1cc(OC)c2c(NO)ccc(N=O)c2c1OC. The molecule has 0 spiro atoms. The Labute approximate surface area is 158 Å². The number of ether oxygens (including phenoxy) is 3. The summed E-state index contributed by atoms with van der Waals surface area (Å²) in [7, 11) is 3.06. The number of nitrogens with one attached hydrogen (secondary N) is 1. The zero-order chi connectivity index (χ0) is 20.0. The highest BCUT2D eigenvalue weighted by Crippen LogP contribution is 2.48. The van der Waals surface area contributed by atoms with Gasteiger partial charge in [0.25, 0.3) is 0 Å². The molecule has 7 nitrogen and oxygen atoms in total. The highest BCUT2D eigenvalue weighted by molar-refractivity contribution is 6.08. The van der Waals surface area contributed by atoms with Crippen LogP contribution in [0, 0.1) is 4.91 Å². The Kier molecular flexibility index (Phi) is 7.15. The highest BCUT2D eigenvalue weighted by Gasteiger charge is 2.24. The van der Waals surface area contributed by atoms with Crippen LogP contribution in [0.5, 0.6) is 11.5 Å². The molecule has 0 aliphatic heterocycles. The lowest BCUT2D eigenvalue weighted by Crippen LogP contribution is -2.07. The summed E-state index contributed by atoms with van der Waals surface area (Å²) in [5.74, 6) is 0.947. The standard InChI is InChI=1S/C20H26N2O5/c1-6-27-16(10-7-12(2)3)13-11-17(25-4)18-14(21-23)8-9-15(22-24)19(18)20(13)26-5/h7-9,11,16,21,23H,6,10H2,1-5H3/t16-/m0/s1. The molecule has 0 aliphatic carbocycles. The second-order valence-corrected chi connectivity index (χ2v) is 6.25. The van der Waals surface area contributed by atoms with Crippen molar-refractivity contribution in [2.75, 3.05) is 26.3 Å². The minimum atomic E-state index is -0.289. The van der Waals surface area contributed by atoms with Crippen LogP contribution in [0.3, 0.4) is 0 Å². The van der Waals surface area contributed by atoms with Crippen LogP contribution in [-0.4, -0.2) is 26.0 Å². The van der Waals surface area contributed by atoms with Gasteiger partial charge in [-0.25, -0.2) is 0 Å². The number of allylic oxidation sites excluding steroid dienone is 1. The predicted octanol–water partition coefficient (Wildman–Crippen LogP) is 5.49. The van der Waals surface area contributed by atoms with Crippen molar-refractivity contribution in [3.63, 3.8) is 0 Å². The number of fused-ring (bicyclic) bond motifs is 1. The first-order valence-corrected chi connectivity index (χ1v) is 8.72. The van der Waals surface area contributed by atoms with Crippen LogP contribution < -0.4 is 15.0 Å². The lowest BCUT2D eigenvalue weighted by atomic mass is 9.96. The molecule has 0 unspecified atom stereocenters. The van der Waals surface area contributed by atoms with Crippen molar-refractivity contribution in [2.24, 2.45) is 5.18 Å². The Morgan fingerprint density at radius 1 is 1.26 bits per heavy atom. The van der Waals surface area contributed by atoms with Crippen LogP contribution in [-0.2, 0) is 4.74 Å². The Morgan fingerprint density at radius 2 is 2.00 bits per heavy atom. The first kappa shape index (κ1) is 20.7. The van der Waals surface area contributed by atoms with Crippen LogP contribution in [0.15, 0.2) is 35.0 Å². The van der Waals surface area contributed by atoms with E-state index in [2.05, 4.69) is 16.7 Å². The zero-order valence-electron chi connectivity index (χ0n) is 16.3. The lowest BCUT2D eigenvalue weighted by Gasteiger charge is -2.23. The second kappa shape index (κ2) is 9.34. The number of hydrogen-bond donors (Lipinski definition) is 2. The van der Waals surface area contributed by atoms with Gasteiger partial charge in [0.1, 0.15) is 17.2 Å². The van der Waals surface area contributed by atoms with Crippen molar-refractivity contribution in [3.8, 4) is 11.5 Å². The highest BCUT2D eigenvalue weighted by atomic mass is 16.5. The normalized spacial score (nSPS) is 11.8. The van der Waals surface area contributed by atoms with E-state index in [-0.39, 0.29) is 11.8 Å². The molecule has 2 N–H and O–H groups in total. The number of methoxy groups -OCH3 is 2. The third kappa shape index (κ3) is 4.20. The smallest absolute Gasteiger partial charge is 0.135 e. The van der Waals surface area contributed by atoms with Gasteiger partial charge in [0.15, 0.2) is 0 Å². The van der Waals surface area contributed by atoms with E-state index < -0.39 is 0 Å². The average molecular weight is 374 g/mol. The molecule has 7 heteroatoms. The van der Waals surface area contributed by atoms with Crippen LogP contribution in [0.2, 0.25) is 0 Å². The summed E-state index contributed by atoms with van der Waals surface area (Å²) >= 11 is 0. The topological polar surface area (TPSA) is 89.4 Å². The van der Waals surface area contributed by atoms with Gasteiger partial charge in [-0.1, -0.05) is 11.6 Å². The monoisotopic (exact) mass is 374 g/mol. The molecule has 0 heterocycles. The van der Waals surface area contributed by atoms with Crippen molar-refractivity contribution in [2.45, 2.75) is 33.3 Å². The van der Waals surface area contributed by atoms with Crippen LogP contribution in [0.1, 0.15) is 38.9 Å². The molecular formula is C20H26N2O5. The van der Waals surface area contributed by atoms with E-state index in [0.717, 1.165) is 5.56 Å². The third-order valence-corrected chi connectivity index (χ3v) is 4.30. The van der Waals surface area contributed by atoms with Gasteiger partial charge in [0, 0.05) is 12.2 Å². The Hall–Kier alpha value is -2.64. The van der Waals surface area contributed by atoms with Gasteiger partial charge >= 0.3 is 0 Å². The molecular weight excluding hydrogens is 348 g/mol. The van der Waals surface area contributed by atoms with E-state index in [4.69, 9.17) is 14.2 Å². The Bertz CT molecular complexity index is 844. The van der Waals surface area contributed by atoms with Gasteiger partial charge in [-0.2, -0.15) is 0 Å². The van der Waals surface area contributed by atoms with Gasteiger partial charge in [-0.3, -0.25) is 10.7 Å². The number of nitroso groups, excluding NO2 is 1. The summed E-state index contributed by atoms with van der Waals surface area (Å²) in [4.78, 5) is 11.4. The average Bonchev–Trinajstić information content (AvgIpc) is 2.68. The predicted molar refractivity (Wildman–Crippen MR) is 106 cm³/mol. The fourth-order valence-corrected chi connectivity index (χ4v) is 3.12. The van der Waals surface area contributed by atoms with Gasteiger partial charge in [0.05, 0.1) is 36.8 Å². The number of anilines is 1. The van der Waals surface area contributed by atoms with Crippen molar-refractivity contribution in [3.05, 3.63) is 40.3 Å². The molecule has 0 bridgehead atoms. The first-order valence-electron chi connectivity index (χ1n) is 8.72. The maximum atomic E-state index is 11.4. The minimum absolute atomic E-state index is 0.193. The minimum Gasteiger partial charge on any atom is -0.496 e. The molecule has 0 radical (unpaired) electrons. The molecule has 0 saturated carbocycles. The zero-order valence-corrected chi connectivity index (χ0v) is 16.3. The fourth-order valence-electron chi connectivity index (χ4n) is 3.12. The molecule has 0 aromatic heterocycles. The van der Waals surface area contributed by atoms with Crippen molar-refractivity contribution in [1.29, 1.82) is 0 Å². The van der Waals surface area contributed by atoms with Crippen molar-refractivity contribution < 1.29 is 19.4 Å². The van der Waals surface area contributed by atoms with Crippen molar-refractivity contribution >= 4 is 22.1 Å². The molecule has 146 valence electrons. The molecule has 27 heavy (non-hydrogen) atoms. The second-order valence-electron chi connectivity index (χ2n) is 6.25. The maximum Gasteiger partial charge on any atom is 0.135 e. The summed E-state index contributed by atoms with van der Waals surface area (Å²) in [5.41, 5.74) is 4.65. The van der Waals surface area contributed by atoms with E-state index in [1.807, 2.05) is 26.8 Å². The summed E-state index contributed by atoms with van der Waals surface area (Å²) < 4.78 is 17.2. The molecule has 2 aromatic rings. The summed E-state index contributed by atoms with van der Waals surface area (Å²) in [5, 5.41) is 13.6. The van der Waals surface area contributed by atoms with E-state index >= 15 is 0 Å². The molecule has 2 aromatic carbocycles. The van der Waals surface area contributed by atoms with E-state index in [0.29, 0.717) is 41.0 Å². The van der Waals surface area contributed by atoms with Gasteiger partial charge < -0.3 is 14.2 Å². The summed E-state index contributed by atoms with van der Waals surface area (Å²) in [6.07, 6.45) is 2.44. The maximum absolute atomic E-state index is 11.4. The Balaban J connectivity index is 2.87. The van der Waals surface area contributed by atoms with Gasteiger partial charge in [0.2, 0.25) is 0 Å². The molecule has 0 aliphatic rings. The summed E-state index contributed by atoms with van der Waals surface area (Å²) in [6.45, 7) is 6.48. The molecule has 1 atom stereocenters. The van der Waals surface area contributed by atoms with E-state index in [9.17, 15) is 10.1 Å². The molecule has 2 rings (SSSR count). The number of hydrogen-bond acceptors (Lipinski definition) is 7. The van der Waals surface area contributed by atoms with Crippen LogP contribution >= 0.6 is 0 Å². The van der Waals surface area contributed by atoms with Gasteiger partial charge in [-0.05, 0) is 50.6 Å². The molecule has 0 saturated heterocycles. The third-order valence-electron chi connectivity index (χ3n) is 4.30.